The number of nitrogen functional groups attached to an aromatic ring is 1. The molecule has 92 valence electrons. The van der Waals surface area contributed by atoms with Gasteiger partial charge in [-0.2, -0.15) is 5.10 Å². The second-order valence-corrected chi connectivity index (χ2v) is 3.42. The van der Waals surface area contributed by atoms with Crippen LogP contribution in [0.4, 0.5) is 5.69 Å². The molecular weight excluding hydrogens is 238 g/mol. The number of carbonyl (C=O) groups excluding carboxylic acids is 1. The topological polar surface area (TPSA) is 137 Å². The highest BCUT2D eigenvalue weighted by atomic mass is 16.4. The third-order valence-corrected chi connectivity index (χ3v) is 2.18. The maximum atomic E-state index is 10.9. The van der Waals surface area contributed by atoms with Gasteiger partial charge in [0.2, 0.25) is 0 Å². The average molecular weight is 247 g/mol. The van der Waals surface area contributed by atoms with Crippen molar-refractivity contribution < 1.29 is 14.7 Å². The van der Waals surface area contributed by atoms with Crippen molar-refractivity contribution in [2.75, 3.05) is 5.73 Å². The number of aromatic nitrogens is 3. The number of primary amides is 1. The predicted octanol–water partition coefficient (Wildman–Crippen LogP) is -0.353. The molecule has 5 N–H and O–H groups in total. The van der Waals surface area contributed by atoms with Crippen molar-refractivity contribution in [2.24, 2.45) is 5.73 Å². The minimum absolute atomic E-state index is 0.0388. The largest absolute Gasteiger partial charge is 0.477 e. The SMILES string of the molecule is NC(=O)c1ccn(-c2nc(C(=O)O)ccc2N)n1. The van der Waals surface area contributed by atoms with E-state index in [1.54, 1.807) is 0 Å². The van der Waals surface area contributed by atoms with Crippen LogP contribution in [0.3, 0.4) is 0 Å². The quantitative estimate of drug-likeness (QED) is 0.677. The molecule has 2 aromatic rings. The minimum Gasteiger partial charge on any atom is -0.477 e. The van der Waals surface area contributed by atoms with E-state index in [1.807, 2.05) is 0 Å². The smallest absolute Gasteiger partial charge is 0.354 e. The summed E-state index contributed by atoms with van der Waals surface area (Å²) in [5.41, 5.74) is 10.8. The second-order valence-electron chi connectivity index (χ2n) is 3.42. The molecule has 1 amide bonds. The van der Waals surface area contributed by atoms with Crippen molar-refractivity contribution >= 4 is 17.6 Å². The van der Waals surface area contributed by atoms with E-state index in [0.29, 0.717) is 0 Å². The van der Waals surface area contributed by atoms with Gasteiger partial charge in [-0.25, -0.2) is 14.5 Å². The van der Waals surface area contributed by atoms with Gasteiger partial charge in [-0.15, -0.1) is 0 Å². The fourth-order valence-corrected chi connectivity index (χ4v) is 1.34. The summed E-state index contributed by atoms with van der Waals surface area (Å²) in [4.78, 5) is 25.5. The van der Waals surface area contributed by atoms with Crippen LogP contribution in [-0.2, 0) is 0 Å². The molecule has 0 aliphatic heterocycles. The summed E-state index contributed by atoms with van der Waals surface area (Å²) in [6.45, 7) is 0. The molecule has 2 rings (SSSR count). The Bertz CT molecular complexity index is 634. The molecule has 18 heavy (non-hydrogen) atoms. The fourth-order valence-electron chi connectivity index (χ4n) is 1.34. The summed E-state index contributed by atoms with van der Waals surface area (Å²) < 4.78 is 1.20. The van der Waals surface area contributed by atoms with E-state index in [4.69, 9.17) is 16.6 Å². The molecule has 0 fully saturated rings. The Hall–Kier alpha value is -2.90. The molecule has 0 atom stereocenters. The van der Waals surface area contributed by atoms with Crippen molar-refractivity contribution in [3.05, 3.63) is 35.8 Å². The molecule has 0 aromatic carbocycles. The van der Waals surface area contributed by atoms with Crippen LogP contribution in [0.1, 0.15) is 21.0 Å². The number of aromatic carboxylic acids is 1. The summed E-state index contributed by atoms with van der Waals surface area (Å²) in [5.74, 6) is -1.75. The molecule has 0 unspecified atom stereocenters. The van der Waals surface area contributed by atoms with E-state index in [2.05, 4.69) is 10.1 Å². The zero-order valence-corrected chi connectivity index (χ0v) is 9.07. The molecule has 0 saturated carbocycles. The van der Waals surface area contributed by atoms with Gasteiger partial charge < -0.3 is 16.6 Å². The number of rotatable bonds is 3. The van der Waals surface area contributed by atoms with E-state index in [1.165, 1.54) is 29.1 Å². The number of hydrogen-bond donors (Lipinski definition) is 3. The molecule has 0 spiro atoms. The lowest BCUT2D eigenvalue weighted by Gasteiger charge is -2.05. The Morgan fingerprint density at radius 1 is 1.22 bits per heavy atom. The molecule has 8 nitrogen and oxygen atoms in total. The first-order chi connectivity index (χ1) is 8.49. The summed E-state index contributed by atoms with van der Waals surface area (Å²) in [5, 5.41) is 12.7. The summed E-state index contributed by atoms with van der Waals surface area (Å²) in [6, 6.07) is 4.06. The van der Waals surface area contributed by atoms with Crippen LogP contribution >= 0.6 is 0 Å². The number of anilines is 1. The van der Waals surface area contributed by atoms with Crippen LogP contribution < -0.4 is 11.5 Å². The van der Waals surface area contributed by atoms with Gasteiger partial charge in [-0.05, 0) is 18.2 Å². The molecule has 0 bridgehead atoms. The van der Waals surface area contributed by atoms with Gasteiger partial charge in [-0.3, -0.25) is 4.79 Å². The summed E-state index contributed by atoms with van der Waals surface area (Å²) in [7, 11) is 0. The third kappa shape index (κ3) is 1.98. The number of pyridine rings is 1. The van der Waals surface area contributed by atoms with Crippen molar-refractivity contribution in [1.82, 2.24) is 14.8 Å². The number of carboxylic acids is 1. The number of carboxylic acid groups (broad SMARTS) is 1. The molecule has 0 aliphatic rings. The third-order valence-electron chi connectivity index (χ3n) is 2.18. The highest BCUT2D eigenvalue weighted by Crippen LogP contribution is 2.14. The van der Waals surface area contributed by atoms with E-state index in [9.17, 15) is 9.59 Å². The lowest BCUT2D eigenvalue weighted by Crippen LogP contribution is -2.13. The van der Waals surface area contributed by atoms with Gasteiger partial charge >= 0.3 is 5.97 Å². The Kier molecular flexibility index (Phi) is 2.68. The van der Waals surface area contributed by atoms with Crippen molar-refractivity contribution in [2.45, 2.75) is 0 Å². The first-order valence-corrected chi connectivity index (χ1v) is 4.84. The van der Waals surface area contributed by atoms with Crippen LogP contribution in [-0.4, -0.2) is 31.7 Å². The van der Waals surface area contributed by atoms with E-state index in [-0.39, 0.29) is 22.9 Å². The number of hydrogen-bond acceptors (Lipinski definition) is 5. The average Bonchev–Trinajstić information content (AvgIpc) is 2.78. The van der Waals surface area contributed by atoms with Crippen molar-refractivity contribution in [1.29, 1.82) is 0 Å². The Labute approximate surface area is 101 Å². The van der Waals surface area contributed by atoms with Gasteiger partial charge in [0.25, 0.3) is 5.91 Å². The van der Waals surface area contributed by atoms with E-state index < -0.39 is 11.9 Å². The number of nitrogens with two attached hydrogens (primary N) is 2. The van der Waals surface area contributed by atoms with Gasteiger partial charge in [0, 0.05) is 6.20 Å². The first kappa shape index (κ1) is 11.6. The van der Waals surface area contributed by atoms with Crippen molar-refractivity contribution in [3.63, 3.8) is 0 Å². The molecule has 0 radical (unpaired) electrons. The van der Waals surface area contributed by atoms with Crippen LogP contribution in [0.2, 0.25) is 0 Å². The van der Waals surface area contributed by atoms with E-state index >= 15 is 0 Å². The Morgan fingerprint density at radius 3 is 2.50 bits per heavy atom. The predicted molar refractivity (Wildman–Crippen MR) is 61.2 cm³/mol. The lowest BCUT2D eigenvalue weighted by atomic mass is 10.3. The van der Waals surface area contributed by atoms with Gasteiger partial charge in [0.1, 0.15) is 5.69 Å². The highest BCUT2D eigenvalue weighted by Gasteiger charge is 2.12. The molecule has 8 heteroatoms. The van der Waals surface area contributed by atoms with Gasteiger partial charge in [-0.1, -0.05) is 0 Å². The highest BCUT2D eigenvalue weighted by molar-refractivity contribution is 5.90. The van der Waals surface area contributed by atoms with Gasteiger partial charge in [0.15, 0.2) is 11.5 Å². The molecule has 0 aliphatic carbocycles. The van der Waals surface area contributed by atoms with Crippen LogP contribution in [0.25, 0.3) is 5.82 Å². The first-order valence-electron chi connectivity index (χ1n) is 4.84. The number of amides is 1. The second kappa shape index (κ2) is 4.17. The number of nitrogens with zero attached hydrogens (tertiary/aromatic N) is 3. The van der Waals surface area contributed by atoms with Crippen LogP contribution in [0.15, 0.2) is 24.4 Å². The monoisotopic (exact) mass is 247 g/mol. The van der Waals surface area contributed by atoms with Crippen LogP contribution in [0, 0.1) is 0 Å². The van der Waals surface area contributed by atoms with Crippen molar-refractivity contribution in [3.8, 4) is 5.82 Å². The van der Waals surface area contributed by atoms with Gasteiger partial charge in [0.05, 0.1) is 5.69 Å². The normalized spacial score (nSPS) is 10.2. The molecular formula is C10H9N5O3. The van der Waals surface area contributed by atoms with E-state index in [0.717, 1.165) is 0 Å². The summed E-state index contributed by atoms with van der Waals surface area (Å²) in [6.07, 6.45) is 1.42. The summed E-state index contributed by atoms with van der Waals surface area (Å²) >= 11 is 0. The fraction of sp³-hybridized carbons (Fsp3) is 0. The maximum Gasteiger partial charge on any atom is 0.354 e. The molecule has 2 aromatic heterocycles. The molecule has 0 saturated heterocycles. The number of carbonyl (C=O) groups is 2. The minimum atomic E-state index is -1.18. The zero-order chi connectivity index (χ0) is 13.3. The zero-order valence-electron chi connectivity index (χ0n) is 9.07. The van der Waals surface area contributed by atoms with Crippen LogP contribution in [0.5, 0.6) is 0 Å². The maximum absolute atomic E-state index is 10.9. The standard InChI is InChI=1S/C10H9N5O3/c11-5-1-2-7(10(17)18)13-9(5)15-4-3-6(14-15)8(12)16/h1-4H,11H2,(H2,12,16)(H,17,18). The lowest BCUT2D eigenvalue weighted by molar-refractivity contribution is 0.0690. The Balaban J connectivity index is 2.51. The molecule has 2 heterocycles. The Morgan fingerprint density at radius 2 is 1.94 bits per heavy atom.